The summed E-state index contributed by atoms with van der Waals surface area (Å²) in [6, 6.07) is 0.444. The van der Waals surface area contributed by atoms with Gasteiger partial charge in [0.15, 0.2) is 0 Å². The minimum absolute atomic E-state index is 0.223. The van der Waals surface area contributed by atoms with E-state index in [4.69, 9.17) is 11.6 Å². The van der Waals surface area contributed by atoms with Gasteiger partial charge in [-0.3, -0.25) is 4.79 Å². The van der Waals surface area contributed by atoms with Gasteiger partial charge in [-0.25, -0.2) is 9.97 Å². The van der Waals surface area contributed by atoms with E-state index >= 15 is 0 Å². The first-order valence-corrected chi connectivity index (χ1v) is 8.10. The van der Waals surface area contributed by atoms with Crippen LogP contribution in [0.15, 0.2) is 12.4 Å². The molecule has 2 aliphatic rings. The first-order chi connectivity index (χ1) is 10.2. The second-order valence-corrected chi connectivity index (χ2v) is 6.47. The van der Waals surface area contributed by atoms with Gasteiger partial charge in [0.05, 0.1) is 17.4 Å². The summed E-state index contributed by atoms with van der Waals surface area (Å²) in [4.78, 5) is 22.6. The normalized spacial score (nSPS) is 20.1. The van der Waals surface area contributed by atoms with Crippen molar-refractivity contribution in [2.24, 2.45) is 5.92 Å². The molecular weight excluding hydrogens is 288 g/mol. The topological polar surface area (TPSA) is 58.1 Å². The van der Waals surface area contributed by atoms with E-state index in [9.17, 15) is 4.79 Å². The Bertz CT molecular complexity index is 481. The number of aromatic nitrogens is 2. The molecule has 1 N–H and O–H groups in total. The Labute approximate surface area is 130 Å². The second-order valence-electron chi connectivity index (χ2n) is 6.03. The Hall–Kier alpha value is -1.36. The van der Waals surface area contributed by atoms with Crippen molar-refractivity contribution in [3.05, 3.63) is 17.4 Å². The van der Waals surface area contributed by atoms with Gasteiger partial charge in [-0.2, -0.15) is 0 Å². The number of nitrogens with zero attached hydrogens (tertiary/aromatic N) is 3. The lowest BCUT2D eigenvalue weighted by Gasteiger charge is -2.32. The SMILES string of the molecule is O=C(CC1CCN(c2ncc(Cl)cn2)CC1)NC1CCC1. The van der Waals surface area contributed by atoms with E-state index in [-0.39, 0.29) is 5.91 Å². The van der Waals surface area contributed by atoms with Crippen molar-refractivity contribution in [1.29, 1.82) is 0 Å². The van der Waals surface area contributed by atoms with Crippen molar-refractivity contribution in [2.75, 3.05) is 18.0 Å². The molecule has 1 amide bonds. The molecular formula is C15H21ClN4O. The van der Waals surface area contributed by atoms with Crippen LogP contribution in [0, 0.1) is 5.92 Å². The van der Waals surface area contributed by atoms with Crippen molar-refractivity contribution >= 4 is 23.5 Å². The van der Waals surface area contributed by atoms with E-state index < -0.39 is 0 Å². The highest BCUT2D eigenvalue weighted by molar-refractivity contribution is 6.30. The van der Waals surface area contributed by atoms with Gasteiger partial charge in [0.2, 0.25) is 11.9 Å². The molecule has 0 spiro atoms. The molecule has 1 aromatic heterocycles. The van der Waals surface area contributed by atoms with Crippen molar-refractivity contribution in [2.45, 2.75) is 44.6 Å². The molecule has 0 radical (unpaired) electrons. The molecule has 1 aromatic rings. The van der Waals surface area contributed by atoms with Gasteiger partial charge in [0, 0.05) is 25.6 Å². The predicted molar refractivity (Wildman–Crippen MR) is 82.4 cm³/mol. The molecule has 1 saturated carbocycles. The quantitative estimate of drug-likeness (QED) is 0.928. The molecule has 2 fully saturated rings. The van der Waals surface area contributed by atoms with Crippen LogP contribution in [0.5, 0.6) is 0 Å². The maximum atomic E-state index is 11.9. The Morgan fingerprint density at radius 1 is 1.24 bits per heavy atom. The van der Waals surface area contributed by atoms with E-state index in [2.05, 4.69) is 20.2 Å². The van der Waals surface area contributed by atoms with Gasteiger partial charge in [0.25, 0.3) is 0 Å². The van der Waals surface area contributed by atoms with Gasteiger partial charge < -0.3 is 10.2 Å². The Kier molecular flexibility index (Phi) is 4.58. The van der Waals surface area contributed by atoms with E-state index in [1.54, 1.807) is 12.4 Å². The Morgan fingerprint density at radius 3 is 2.48 bits per heavy atom. The second kappa shape index (κ2) is 6.60. The van der Waals surface area contributed by atoms with Crippen molar-refractivity contribution in [3.8, 4) is 0 Å². The number of hydrogen-bond acceptors (Lipinski definition) is 4. The zero-order valence-corrected chi connectivity index (χ0v) is 12.9. The van der Waals surface area contributed by atoms with Crippen LogP contribution >= 0.6 is 11.6 Å². The third kappa shape index (κ3) is 3.84. The van der Waals surface area contributed by atoms with E-state index in [0.29, 0.717) is 23.4 Å². The zero-order valence-electron chi connectivity index (χ0n) is 12.1. The number of anilines is 1. The smallest absolute Gasteiger partial charge is 0.225 e. The van der Waals surface area contributed by atoms with Crippen molar-refractivity contribution in [3.63, 3.8) is 0 Å². The van der Waals surface area contributed by atoms with Gasteiger partial charge >= 0.3 is 0 Å². The highest BCUT2D eigenvalue weighted by Gasteiger charge is 2.25. The predicted octanol–water partition coefficient (Wildman–Crippen LogP) is 2.41. The summed E-state index contributed by atoms with van der Waals surface area (Å²) in [5, 5.41) is 3.68. The first kappa shape index (κ1) is 14.6. The molecule has 1 aliphatic carbocycles. The lowest BCUT2D eigenvalue weighted by Crippen LogP contribution is -2.41. The first-order valence-electron chi connectivity index (χ1n) is 7.72. The van der Waals surface area contributed by atoms with Crippen LogP contribution in [0.2, 0.25) is 5.02 Å². The zero-order chi connectivity index (χ0) is 14.7. The molecule has 5 nitrogen and oxygen atoms in total. The maximum Gasteiger partial charge on any atom is 0.225 e. The number of nitrogens with one attached hydrogen (secondary N) is 1. The molecule has 2 heterocycles. The molecule has 0 bridgehead atoms. The fraction of sp³-hybridized carbons (Fsp3) is 0.667. The standard InChI is InChI=1S/C15H21ClN4O/c16-12-9-17-15(18-10-12)20-6-4-11(5-7-20)8-14(21)19-13-2-1-3-13/h9-11,13H,1-8H2,(H,19,21). The number of halogens is 1. The average molecular weight is 309 g/mol. The summed E-state index contributed by atoms with van der Waals surface area (Å²) in [6.07, 6.45) is 9.50. The summed E-state index contributed by atoms with van der Waals surface area (Å²) < 4.78 is 0. The lowest BCUT2D eigenvalue weighted by molar-refractivity contribution is -0.123. The minimum atomic E-state index is 0.223. The van der Waals surface area contributed by atoms with Crippen LogP contribution < -0.4 is 10.2 Å². The monoisotopic (exact) mass is 308 g/mol. The molecule has 114 valence electrons. The number of carbonyl (C=O) groups is 1. The molecule has 0 unspecified atom stereocenters. The van der Waals surface area contributed by atoms with Gasteiger partial charge in [-0.05, 0) is 38.0 Å². The highest BCUT2D eigenvalue weighted by atomic mass is 35.5. The lowest BCUT2D eigenvalue weighted by atomic mass is 9.91. The number of carbonyl (C=O) groups excluding carboxylic acids is 1. The fourth-order valence-corrected chi connectivity index (χ4v) is 3.00. The largest absolute Gasteiger partial charge is 0.353 e. The summed E-state index contributed by atoms with van der Waals surface area (Å²) in [6.45, 7) is 1.81. The van der Waals surface area contributed by atoms with Crippen molar-refractivity contribution < 1.29 is 4.79 Å². The van der Waals surface area contributed by atoms with Crippen molar-refractivity contribution in [1.82, 2.24) is 15.3 Å². The molecule has 1 saturated heterocycles. The van der Waals surface area contributed by atoms with Crippen LogP contribution in [-0.4, -0.2) is 35.0 Å². The van der Waals surface area contributed by atoms with E-state index in [1.165, 1.54) is 6.42 Å². The van der Waals surface area contributed by atoms with E-state index in [0.717, 1.165) is 44.7 Å². The summed E-state index contributed by atoms with van der Waals surface area (Å²) >= 11 is 5.80. The van der Waals surface area contributed by atoms with Crippen LogP contribution in [0.1, 0.15) is 38.5 Å². The van der Waals surface area contributed by atoms with Gasteiger partial charge in [-0.1, -0.05) is 11.6 Å². The number of rotatable bonds is 4. The van der Waals surface area contributed by atoms with Crippen LogP contribution in [0.4, 0.5) is 5.95 Å². The number of amides is 1. The van der Waals surface area contributed by atoms with Gasteiger partial charge in [-0.15, -0.1) is 0 Å². The molecule has 0 aromatic carbocycles. The summed E-state index contributed by atoms with van der Waals surface area (Å²) in [5.74, 6) is 1.44. The highest BCUT2D eigenvalue weighted by Crippen LogP contribution is 2.24. The fourth-order valence-electron chi connectivity index (χ4n) is 2.91. The molecule has 21 heavy (non-hydrogen) atoms. The van der Waals surface area contributed by atoms with Crippen LogP contribution in [0.25, 0.3) is 0 Å². The number of hydrogen-bond donors (Lipinski definition) is 1. The Morgan fingerprint density at radius 2 is 1.90 bits per heavy atom. The molecule has 6 heteroatoms. The molecule has 1 aliphatic heterocycles. The minimum Gasteiger partial charge on any atom is -0.353 e. The third-order valence-electron chi connectivity index (χ3n) is 4.45. The summed E-state index contributed by atoms with van der Waals surface area (Å²) in [5.41, 5.74) is 0. The van der Waals surface area contributed by atoms with Crippen LogP contribution in [0.3, 0.4) is 0 Å². The summed E-state index contributed by atoms with van der Waals surface area (Å²) in [7, 11) is 0. The average Bonchev–Trinajstić information content (AvgIpc) is 2.45. The molecule has 3 rings (SSSR count). The third-order valence-corrected chi connectivity index (χ3v) is 4.64. The maximum absolute atomic E-state index is 11.9. The molecule has 0 atom stereocenters. The van der Waals surface area contributed by atoms with Gasteiger partial charge in [0.1, 0.15) is 0 Å². The van der Waals surface area contributed by atoms with E-state index in [1.807, 2.05) is 0 Å². The Balaban J connectivity index is 1.44. The number of piperidine rings is 1. The van der Waals surface area contributed by atoms with Crippen LogP contribution in [-0.2, 0) is 4.79 Å².